The molecule has 0 N–H and O–H groups in total. The second-order valence-electron chi connectivity index (χ2n) is 3.98. The first-order chi connectivity index (χ1) is 9.02. The zero-order valence-electron chi connectivity index (χ0n) is 10.7. The number of aryl methyl sites for hydroxylation is 1. The fourth-order valence-corrected chi connectivity index (χ4v) is 1.97. The number of aromatic nitrogens is 5. The molecule has 100 valence electrons. The van der Waals surface area contributed by atoms with Crippen molar-refractivity contribution < 1.29 is 4.74 Å². The van der Waals surface area contributed by atoms with Crippen LogP contribution in [0.4, 0.5) is 0 Å². The molecule has 6 nitrogen and oxygen atoms in total. The van der Waals surface area contributed by atoms with Crippen LogP contribution in [-0.2, 0) is 0 Å². The zero-order valence-corrected chi connectivity index (χ0v) is 12.2. The van der Waals surface area contributed by atoms with Crippen LogP contribution in [0.5, 0.6) is 6.01 Å². The smallest absolute Gasteiger partial charge is 0.322 e. The Labute approximate surface area is 120 Å². The van der Waals surface area contributed by atoms with Crippen LogP contribution in [0.25, 0.3) is 0 Å². The molecule has 0 atom stereocenters. The van der Waals surface area contributed by atoms with Gasteiger partial charge in [0.15, 0.2) is 5.16 Å². The quantitative estimate of drug-likeness (QED) is 0.803. The molecule has 0 saturated carbocycles. The predicted molar refractivity (Wildman–Crippen MR) is 71.5 cm³/mol. The molecule has 0 fully saturated rings. The predicted octanol–water partition coefficient (Wildman–Crippen LogP) is 2.56. The summed E-state index contributed by atoms with van der Waals surface area (Å²) in [6, 6.07) is 0.199. The molecule has 2 heterocycles. The van der Waals surface area contributed by atoms with E-state index in [1.54, 1.807) is 12.4 Å². The topological polar surface area (TPSA) is 73.7 Å². The molecule has 2 aromatic rings. The van der Waals surface area contributed by atoms with E-state index in [1.807, 2.05) is 20.8 Å². The Morgan fingerprint density at radius 3 is 2.42 bits per heavy atom. The molecule has 8 heteroatoms. The molecule has 0 aliphatic heterocycles. The van der Waals surface area contributed by atoms with E-state index in [4.69, 9.17) is 16.3 Å². The van der Waals surface area contributed by atoms with Gasteiger partial charge in [-0.1, -0.05) is 0 Å². The highest BCUT2D eigenvalue weighted by Gasteiger charge is 2.10. The van der Waals surface area contributed by atoms with E-state index >= 15 is 0 Å². The maximum Gasteiger partial charge on any atom is 0.322 e. The van der Waals surface area contributed by atoms with Crippen molar-refractivity contribution in [2.75, 3.05) is 0 Å². The van der Waals surface area contributed by atoms with E-state index in [2.05, 4.69) is 24.9 Å². The van der Waals surface area contributed by atoms with Crippen LogP contribution >= 0.6 is 23.4 Å². The monoisotopic (exact) mass is 297 g/mol. The molecule has 0 spiro atoms. The lowest BCUT2D eigenvalue weighted by Crippen LogP contribution is -2.09. The molecule has 0 bridgehead atoms. The standard InChI is InChI=1S/C11H12ClN5OS/c1-6(2)18-9-15-8(12)16-11(17-9)19-10-13-4-7(3)5-14-10/h4-6H,1-3H3. The SMILES string of the molecule is Cc1cnc(Sc2nc(Cl)nc(OC(C)C)n2)nc1. The number of hydrogen-bond acceptors (Lipinski definition) is 7. The highest BCUT2D eigenvalue weighted by atomic mass is 35.5. The Bertz CT molecular complexity index is 564. The summed E-state index contributed by atoms with van der Waals surface area (Å²) in [5.41, 5.74) is 0.988. The van der Waals surface area contributed by atoms with Crippen LogP contribution in [-0.4, -0.2) is 31.0 Å². The molecular formula is C11H12ClN5OS. The first-order valence-corrected chi connectivity index (χ1v) is 6.77. The van der Waals surface area contributed by atoms with Gasteiger partial charge in [-0.15, -0.1) is 0 Å². The van der Waals surface area contributed by atoms with Crippen molar-refractivity contribution in [3.8, 4) is 6.01 Å². The molecule has 0 saturated heterocycles. The van der Waals surface area contributed by atoms with Gasteiger partial charge in [0.2, 0.25) is 10.4 Å². The third-order valence-electron chi connectivity index (χ3n) is 1.85. The van der Waals surface area contributed by atoms with Crippen LogP contribution in [0.15, 0.2) is 22.7 Å². The summed E-state index contributed by atoms with van der Waals surface area (Å²) in [6.07, 6.45) is 3.42. The minimum absolute atomic E-state index is 0.0352. The van der Waals surface area contributed by atoms with E-state index < -0.39 is 0 Å². The Morgan fingerprint density at radius 2 is 1.79 bits per heavy atom. The largest absolute Gasteiger partial charge is 0.461 e. The third kappa shape index (κ3) is 4.29. The van der Waals surface area contributed by atoms with Crippen LogP contribution in [0.3, 0.4) is 0 Å². The van der Waals surface area contributed by atoms with Crippen molar-refractivity contribution in [2.45, 2.75) is 37.2 Å². The van der Waals surface area contributed by atoms with E-state index in [1.165, 1.54) is 11.8 Å². The summed E-state index contributed by atoms with van der Waals surface area (Å²) in [6.45, 7) is 5.68. The molecule has 19 heavy (non-hydrogen) atoms. The number of halogens is 1. The Balaban J connectivity index is 2.19. The normalized spacial score (nSPS) is 10.8. The van der Waals surface area contributed by atoms with E-state index in [0.29, 0.717) is 10.3 Å². The van der Waals surface area contributed by atoms with Gasteiger partial charge in [0.05, 0.1) is 6.10 Å². The van der Waals surface area contributed by atoms with Gasteiger partial charge >= 0.3 is 6.01 Å². The minimum Gasteiger partial charge on any atom is -0.461 e. The maximum atomic E-state index is 5.83. The molecule has 0 aromatic carbocycles. The Hall–Kier alpha value is -1.47. The first-order valence-electron chi connectivity index (χ1n) is 5.57. The molecule has 0 unspecified atom stereocenters. The lowest BCUT2D eigenvalue weighted by Gasteiger charge is -2.08. The van der Waals surface area contributed by atoms with Gasteiger partial charge in [0.1, 0.15) is 0 Å². The zero-order chi connectivity index (χ0) is 13.8. The lowest BCUT2D eigenvalue weighted by atomic mass is 10.4. The van der Waals surface area contributed by atoms with Crippen LogP contribution in [0.1, 0.15) is 19.4 Å². The van der Waals surface area contributed by atoms with Crippen molar-refractivity contribution in [3.05, 3.63) is 23.2 Å². The third-order valence-corrected chi connectivity index (χ3v) is 2.78. The summed E-state index contributed by atoms with van der Waals surface area (Å²) in [7, 11) is 0. The second kappa shape index (κ2) is 6.12. The average Bonchev–Trinajstić information content (AvgIpc) is 2.30. The summed E-state index contributed by atoms with van der Waals surface area (Å²) >= 11 is 7.03. The van der Waals surface area contributed by atoms with E-state index in [0.717, 1.165) is 5.56 Å². The number of hydrogen-bond donors (Lipinski definition) is 0. The van der Waals surface area contributed by atoms with Gasteiger partial charge < -0.3 is 4.74 Å². The molecule has 2 rings (SSSR count). The van der Waals surface area contributed by atoms with Crippen LogP contribution < -0.4 is 4.74 Å². The minimum atomic E-state index is -0.0352. The lowest BCUT2D eigenvalue weighted by molar-refractivity contribution is 0.219. The summed E-state index contributed by atoms with van der Waals surface area (Å²) in [4.78, 5) is 20.4. The number of rotatable bonds is 4. The Morgan fingerprint density at radius 1 is 1.11 bits per heavy atom. The maximum absolute atomic E-state index is 5.83. The average molecular weight is 298 g/mol. The van der Waals surface area contributed by atoms with Crippen LogP contribution in [0, 0.1) is 6.92 Å². The fourth-order valence-electron chi connectivity index (χ4n) is 1.14. The van der Waals surface area contributed by atoms with Gasteiger partial charge in [-0.3, -0.25) is 0 Å². The van der Waals surface area contributed by atoms with Crippen molar-refractivity contribution in [2.24, 2.45) is 0 Å². The summed E-state index contributed by atoms with van der Waals surface area (Å²) in [5.74, 6) is 0. The molecule has 0 amide bonds. The second-order valence-corrected chi connectivity index (χ2v) is 5.25. The van der Waals surface area contributed by atoms with Gasteiger partial charge in [-0.2, -0.15) is 15.0 Å². The molecular weight excluding hydrogens is 286 g/mol. The van der Waals surface area contributed by atoms with E-state index in [9.17, 15) is 0 Å². The number of ether oxygens (including phenoxy) is 1. The summed E-state index contributed by atoms with van der Waals surface area (Å²) < 4.78 is 5.39. The van der Waals surface area contributed by atoms with Gasteiger partial charge in [-0.25, -0.2) is 9.97 Å². The van der Waals surface area contributed by atoms with Crippen molar-refractivity contribution in [1.82, 2.24) is 24.9 Å². The Kier molecular flexibility index (Phi) is 4.49. The van der Waals surface area contributed by atoms with Gasteiger partial charge in [0, 0.05) is 12.4 Å². The first kappa shape index (κ1) is 14.0. The van der Waals surface area contributed by atoms with Crippen molar-refractivity contribution >= 4 is 23.4 Å². The highest BCUT2D eigenvalue weighted by molar-refractivity contribution is 7.99. The van der Waals surface area contributed by atoms with E-state index in [-0.39, 0.29) is 17.4 Å². The van der Waals surface area contributed by atoms with Gasteiger partial charge in [0.25, 0.3) is 0 Å². The van der Waals surface area contributed by atoms with Gasteiger partial charge in [-0.05, 0) is 49.7 Å². The van der Waals surface area contributed by atoms with Crippen molar-refractivity contribution in [1.29, 1.82) is 0 Å². The molecule has 0 radical (unpaired) electrons. The molecule has 0 aliphatic rings. The van der Waals surface area contributed by atoms with Crippen molar-refractivity contribution in [3.63, 3.8) is 0 Å². The fraction of sp³-hybridized carbons (Fsp3) is 0.364. The summed E-state index contributed by atoms with van der Waals surface area (Å²) in [5, 5.41) is 1.03. The van der Waals surface area contributed by atoms with Crippen LogP contribution in [0.2, 0.25) is 5.28 Å². The number of nitrogens with zero attached hydrogens (tertiary/aromatic N) is 5. The molecule has 2 aromatic heterocycles. The highest BCUT2D eigenvalue weighted by Crippen LogP contribution is 2.23. The molecule has 0 aliphatic carbocycles.